The van der Waals surface area contributed by atoms with Gasteiger partial charge in [0.15, 0.2) is 0 Å². The van der Waals surface area contributed by atoms with E-state index in [2.05, 4.69) is 27.7 Å². The highest BCUT2D eigenvalue weighted by Crippen LogP contribution is 2.13. The van der Waals surface area contributed by atoms with E-state index in [0.717, 1.165) is 38.9 Å². The molecule has 2 heterocycles. The van der Waals surface area contributed by atoms with Gasteiger partial charge < -0.3 is 15.4 Å². The quantitative estimate of drug-likeness (QED) is 0.824. The van der Waals surface area contributed by atoms with Crippen LogP contribution in [0.25, 0.3) is 0 Å². The molecule has 0 aliphatic carbocycles. The molecule has 3 rings (SSSR count). The van der Waals surface area contributed by atoms with E-state index in [1.165, 1.54) is 5.56 Å². The highest BCUT2D eigenvalue weighted by Gasteiger charge is 2.27. The van der Waals surface area contributed by atoms with Crippen molar-refractivity contribution in [3.63, 3.8) is 0 Å². The van der Waals surface area contributed by atoms with Crippen LogP contribution < -0.4 is 10.6 Å². The summed E-state index contributed by atoms with van der Waals surface area (Å²) in [5, 5.41) is 5.82. The summed E-state index contributed by atoms with van der Waals surface area (Å²) in [6.07, 6.45) is 2.85. The molecule has 0 bridgehead atoms. The fourth-order valence-electron chi connectivity index (χ4n) is 3.28. The zero-order valence-electron chi connectivity index (χ0n) is 13.9. The number of ether oxygens (including phenoxy) is 1. The van der Waals surface area contributed by atoms with Crippen LogP contribution in [0.5, 0.6) is 0 Å². The predicted octanol–water partition coefficient (Wildman–Crippen LogP) is 1.31. The van der Waals surface area contributed by atoms with Gasteiger partial charge in [-0.25, -0.2) is 4.79 Å². The second-order valence-corrected chi connectivity index (χ2v) is 6.54. The minimum absolute atomic E-state index is 0.0467. The lowest BCUT2D eigenvalue weighted by atomic mass is 10.0. The van der Waals surface area contributed by atoms with Crippen molar-refractivity contribution in [1.82, 2.24) is 15.5 Å². The van der Waals surface area contributed by atoms with E-state index in [0.29, 0.717) is 13.0 Å². The molecule has 0 spiro atoms. The Kier molecular flexibility index (Phi) is 5.69. The lowest BCUT2D eigenvalue weighted by molar-refractivity contribution is -0.122. The molecule has 2 fully saturated rings. The summed E-state index contributed by atoms with van der Waals surface area (Å²) in [6, 6.07) is 10.3. The first-order valence-corrected chi connectivity index (χ1v) is 8.69. The van der Waals surface area contributed by atoms with Crippen LogP contribution in [0.15, 0.2) is 30.3 Å². The molecule has 1 aromatic rings. The van der Waals surface area contributed by atoms with E-state index in [1.54, 1.807) is 0 Å². The summed E-state index contributed by atoms with van der Waals surface area (Å²) >= 11 is 0. The second-order valence-electron chi connectivity index (χ2n) is 6.54. The molecular weight excluding hydrogens is 306 g/mol. The number of likely N-dealkylation sites (tertiary alicyclic amines) is 1. The van der Waals surface area contributed by atoms with Gasteiger partial charge in [-0.3, -0.25) is 9.69 Å². The SMILES string of the molecule is O=C(CCc1ccccc1)NC1CCN(CC2CNC(=O)O2)CC1. The number of carbonyl (C=O) groups is 2. The maximum atomic E-state index is 12.1. The Balaban J connectivity index is 1.33. The molecule has 6 heteroatoms. The average molecular weight is 331 g/mol. The zero-order valence-corrected chi connectivity index (χ0v) is 13.9. The third kappa shape index (κ3) is 4.96. The molecule has 0 saturated carbocycles. The first kappa shape index (κ1) is 16.8. The van der Waals surface area contributed by atoms with Crippen LogP contribution in [0.2, 0.25) is 0 Å². The van der Waals surface area contributed by atoms with E-state index in [9.17, 15) is 9.59 Å². The van der Waals surface area contributed by atoms with Crippen LogP contribution in [-0.4, -0.2) is 55.2 Å². The molecule has 2 aliphatic heterocycles. The van der Waals surface area contributed by atoms with Crippen molar-refractivity contribution < 1.29 is 14.3 Å². The van der Waals surface area contributed by atoms with Crippen molar-refractivity contribution in [2.24, 2.45) is 0 Å². The maximum absolute atomic E-state index is 12.1. The third-order valence-electron chi connectivity index (χ3n) is 4.65. The Bertz CT molecular complexity index is 556. The summed E-state index contributed by atoms with van der Waals surface area (Å²) in [7, 11) is 0. The molecule has 1 atom stereocenters. The highest BCUT2D eigenvalue weighted by molar-refractivity contribution is 5.76. The summed E-state index contributed by atoms with van der Waals surface area (Å²) in [6.45, 7) is 3.22. The Morgan fingerprint density at radius 1 is 1.25 bits per heavy atom. The van der Waals surface area contributed by atoms with Gasteiger partial charge in [0.1, 0.15) is 6.10 Å². The number of hydrogen-bond donors (Lipinski definition) is 2. The molecule has 0 radical (unpaired) electrons. The van der Waals surface area contributed by atoms with Gasteiger partial charge in [0, 0.05) is 32.1 Å². The van der Waals surface area contributed by atoms with E-state index >= 15 is 0 Å². The van der Waals surface area contributed by atoms with Gasteiger partial charge in [0.2, 0.25) is 5.91 Å². The highest BCUT2D eigenvalue weighted by atomic mass is 16.6. The number of amides is 2. The molecule has 130 valence electrons. The molecule has 2 N–H and O–H groups in total. The van der Waals surface area contributed by atoms with Gasteiger partial charge in [-0.05, 0) is 24.8 Å². The lowest BCUT2D eigenvalue weighted by Gasteiger charge is -2.33. The summed E-state index contributed by atoms with van der Waals surface area (Å²) in [4.78, 5) is 25.4. The van der Waals surface area contributed by atoms with Crippen LogP contribution in [-0.2, 0) is 16.0 Å². The monoisotopic (exact) mass is 331 g/mol. The predicted molar refractivity (Wildman–Crippen MR) is 90.6 cm³/mol. The molecular formula is C18H25N3O3. The van der Waals surface area contributed by atoms with Crippen LogP contribution in [0.3, 0.4) is 0 Å². The first-order chi connectivity index (χ1) is 11.7. The van der Waals surface area contributed by atoms with E-state index in [-0.39, 0.29) is 24.1 Å². The fourth-order valence-corrected chi connectivity index (χ4v) is 3.28. The largest absolute Gasteiger partial charge is 0.443 e. The summed E-state index contributed by atoms with van der Waals surface area (Å²) < 4.78 is 5.17. The molecule has 2 saturated heterocycles. The van der Waals surface area contributed by atoms with Crippen LogP contribution in [0.1, 0.15) is 24.8 Å². The average Bonchev–Trinajstić information content (AvgIpc) is 3.01. The normalized spacial score (nSPS) is 22.0. The standard InChI is InChI=1S/C18H25N3O3/c22-17(7-6-14-4-2-1-3-5-14)20-15-8-10-21(11-9-15)13-16-12-19-18(23)24-16/h1-5,15-16H,6-13H2,(H,19,23)(H,20,22). The Labute approximate surface area is 142 Å². The van der Waals surface area contributed by atoms with Crippen molar-refractivity contribution in [3.05, 3.63) is 35.9 Å². The van der Waals surface area contributed by atoms with Gasteiger partial charge >= 0.3 is 6.09 Å². The fraction of sp³-hybridized carbons (Fsp3) is 0.556. The van der Waals surface area contributed by atoms with Crippen molar-refractivity contribution in [1.29, 1.82) is 0 Å². The third-order valence-corrected chi connectivity index (χ3v) is 4.65. The number of nitrogens with one attached hydrogen (secondary N) is 2. The van der Waals surface area contributed by atoms with Crippen molar-refractivity contribution >= 4 is 12.0 Å². The smallest absolute Gasteiger partial charge is 0.407 e. The maximum Gasteiger partial charge on any atom is 0.407 e. The Hall–Kier alpha value is -2.08. The number of alkyl carbamates (subject to hydrolysis) is 1. The summed E-state index contributed by atoms with van der Waals surface area (Å²) in [5.74, 6) is 0.131. The van der Waals surface area contributed by atoms with Gasteiger partial charge in [0.05, 0.1) is 6.54 Å². The molecule has 24 heavy (non-hydrogen) atoms. The number of nitrogens with zero attached hydrogens (tertiary/aromatic N) is 1. The minimum Gasteiger partial charge on any atom is -0.443 e. The van der Waals surface area contributed by atoms with Crippen molar-refractivity contribution in [2.75, 3.05) is 26.2 Å². The number of piperidine rings is 1. The minimum atomic E-state index is -0.319. The lowest BCUT2D eigenvalue weighted by Crippen LogP contribution is -2.46. The number of carbonyl (C=O) groups excluding carboxylic acids is 2. The van der Waals surface area contributed by atoms with Crippen molar-refractivity contribution in [2.45, 2.75) is 37.8 Å². The number of benzene rings is 1. The topological polar surface area (TPSA) is 70.7 Å². The molecule has 6 nitrogen and oxygen atoms in total. The van der Waals surface area contributed by atoms with Gasteiger partial charge in [-0.1, -0.05) is 30.3 Å². The number of hydrogen-bond acceptors (Lipinski definition) is 4. The van der Waals surface area contributed by atoms with E-state index in [4.69, 9.17) is 4.74 Å². The second kappa shape index (κ2) is 8.15. The number of cyclic esters (lactones) is 1. The molecule has 2 amide bonds. The molecule has 2 aliphatic rings. The Morgan fingerprint density at radius 3 is 2.67 bits per heavy atom. The molecule has 1 aromatic carbocycles. The zero-order chi connectivity index (χ0) is 16.8. The van der Waals surface area contributed by atoms with E-state index < -0.39 is 0 Å². The van der Waals surface area contributed by atoms with E-state index in [1.807, 2.05) is 18.2 Å². The van der Waals surface area contributed by atoms with Crippen molar-refractivity contribution in [3.8, 4) is 0 Å². The van der Waals surface area contributed by atoms with Crippen LogP contribution in [0, 0.1) is 0 Å². The van der Waals surface area contributed by atoms with Gasteiger partial charge in [-0.2, -0.15) is 0 Å². The first-order valence-electron chi connectivity index (χ1n) is 8.69. The number of rotatable bonds is 6. The Morgan fingerprint density at radius 2 is 2.00 bits per heavy atom. The molecule has 0 aromatic heterocycles. The molecule has 1 unspecified atom stereocenters. The van der Waals surface area contributed by atoms with Crippen LogP contribution >= 0.6 is 0 Å². The number of aryl methyl sites for hydroxylation is 1. The summed E-state index contributed by atoms with van der Waals surface area (Å²) in [5.41, 5.74) is 1.20. The van der Waals surface area contributed by atoms with Crippen LogP contribution in [0.4, 0.5) is 4.79 Å². The van der Waals surface area contributed by atoms with Gasteiger partial charge in [-0.15, -0.1) is 0 Å². The van der Waals surface area contributed by atoms with Gasteiger partial charge in [0.25, 0.3) is 0 Å².